The predicted molar refractivity (Wildman–Crippen MR) is 84.4 cm³/mol. The Labute approximate surface area is 128 Å². The summed E-state index contributed by atoms with van der Waals surface area (Å²) >= 11 is 3.54. The smallest absolute Gasteiger partial charge is 0.243 e. The van der Waals surface area contributed by atoms with Crippen LogP contribution in [-0.2, 0) is 4.79 Å². The number of primary amides is 1. The third-order valence-electron chi connectivity index (χ3n) is 4.80. The van der Waals surface area contributed by atoms with Gasteiger partial charge in [0.15, 0.2) is 0 Å². The van der Waals surface area contributed by atoms with Crippen LogP contribution in [0, 0.1) is 11.8 Å². The SMILES string of the molecule is NC(=O)C1(Nc2ccccc2Br)CCCC(C2CC2)C1. The fraction of sp³-hybridized carbons (Fsp3) is 0.562. The lowest BCUT2D eigenvalue weighted by molar-refractivity contribution is -0.124. The van der Waals surface area contributed by atoms with Crippen molar-refractivity contribution in [1.82, 2.24) is 0 Å². The van der Waals surface area contributed by atoms with Crippen LogP contribution < -0.4 is 11.1 Å². The highest BCUT2D eigenvalue weighted by atomic mass is 79.9. The molecule has 1 aromatic rings. The van der Waals surface area contributed by atoms with Crippen molar-refractivity contribution in [3.8, 4) is 0 Å². The standard InChI is InChI=1S/C16H21BrN2O/c17-13-5-1-2-6-14(13)19-16(15(18)20)9-3-4-12(10-16)11-7-8-11/h1-2,5-6,11-12,19H,3-4,7-10H2,(H2,18,20). The maximum Gasteiger partial charge on any atom is 0.243 e. The number of carbonyl (C=O) groups is 1. The predicted octanol–water partition coefficient (Wildman–Crippen LogP) is 3.69. The number of nitrogens with one attached hydrogen (secondary N) is 1. The van der Waals surface area contributed by atoms with Gasteiger partial charge in [-0.05, 0) is 72.0 Å². The molecule has 20 heavy (non-hydrogen) atoms. The fourth-order valence-corrected chi connectivity index (χ4v) is 3.89. The molecular weight excluding hydrogens is 316 g/mol. The van der Waals surface area contributed by atoms with Crippen molar-refractivity contribution in [1.29, 1.82) is 0 Å². The first-order chi connectivity index (χ1) is 9.61. The number of anilines is 1. The Morgan fingerprint density at radius 3 is 2.65 bits per heavy atom. The van der Waals surface area contributed by atoms with Crippen LogP contribution in [-0.4, -0.2) is 11.4 Å². The molecule has 0 radical (unpaired) electrons. The number of para-hydroxylation sites is 1. The summed E-state index contributed by atoms with van der Waals surface area (Å²) in [6.07, 6.45) is 6.71. The monoisotopic (exact) mass is 336 g/mol. The topological polar surface area (TPSA) is 55.1 Å². The Kier molecular flexibility index (Phi) is 3.76. The summed E-state index contributed by atoms with van der Waals surface area (Å²) in [5.74, 6) is 1.28. The van der Waals surface area contributed by atoms with E-state index in [1.54, 1.807) is 0 Å². The van der Waals surface area contributed by atoms with E-state index in [0.29, 0.717) is 5.92 Å². The van der Waals surface area contributed by atoms with Crippen molar-refractivity contribution >= 4 is 27.5 Å². The van der Waals surface area contributed by atoms with Gasteiger partial charge in [-0.2, -0.15) is 0 Å². The lowest BCUT2D eigenvalue weighted by atomic mass is 9.73. The van der Waals surface area contributed by atoms with E-state index >= 15 is 0 Å². The number of hydrogen-bond donors (Lipinski definition) is 2. The minimum atomic E-state index is -0.574. The zero-order valence-electron chi connectivity index (χ0n) is 11.6. The van der Waals surface area contributed by atoms with Crippen molar-refractivity contribution in [2.24, 2.45) is 17.6 Å². The summed E-state index contributed by atoms with van der Waals surface area (Å²) in [5, 5.41) is 3.45. The summed E-state index contributed by atoms with van der Waals surface area (Å²) in [7, 11) is 0. The highest BCUT2D eigenvalue weighted by Gasteiger charge is 2.45. The number of hydrogen-bond acceptors (Lipinski definition) is 2. The molecular formula is C16H21BrN2O. The quantitative estimate of drug-likeness (QED) is 0.880. The molecule has 3 N–H and O–H groups in total. The van der Waals surface area contributed by atoms with Gasteiger partial charge in [-0.25, -0.2) is 0 Å². The fourth-order valence-electron chi connectivity index (χ4n) is 3.51. The summed E-state index contributed by atoms with van der Waals surface area (Å²) in [6, 6.07) is 7.93. The molecule has 0 saturated heterocycles. The number of carbonyl (C=O) groups excluding carboxylic acids is 1. The molecule has 2 aliphatic carbocycles. The maximum atomic E-state index is 12.1. The Balaban J connectivity index is 1.84. The lowest BCUT2D eigenvalue weighted by Crippen LogP contribution is -2.53. The van der Waals surface area contributed by atoms with Gasteiger partial charge < -0.3 is 11.1 Å². The molecule has 2 saturated carbocycles. The van der Waals surface area contributed by atoms with Gasteiger partial charge in [0.1, 0.15) is 5.54 Å². The Bertz CT molecular complexity index is 515. The summed E-state index contributed by atoms with van der Waals surface area (Å²) < 4.78 is 0.981. The van der Waals surface area contributed by atoms with E-state index in [4.69, 9.17) is 5.73 Å². The van der Waals surface area contributed by atoms with Crippen molar-refractivity contribution in [2.75, 3.05) is 5.32 Å². The van der Waals surface area contributed by atoms with Gasteiger partial charge >= 0.3 is 0 Å². The minimum absolute atomic E-state index is 0.210. The second-order valence-electron chi connectivity index (χ2n) is 6.25. The normalized spacial score (nSPS) is 29.9. The maximum absolute atomic E-state index is 12.1. The number of benzene rings is 1. The van der Waals surface area contributed by atoms with Gasteiger partial charge in [0.25, 0.3) is 0 Å². The largest absolute Gasteiger partial charge is 0.370 e. The highest BCUT2D eigenvalue weighted by Crippen LogP contribution is 2.47. The van der Waals surface area contributed by atoms with Crippen LogP contribution in [0.1, 0.15) is 38.5 Å². The number of nitrogens with two attached hydrogens (primary N) is 1. The Morgan fingerprint density at radius 1 is 1.25 bits per heavy atom. The molecule has 3 rings (SSSR count). The summed E-state index contributed by atoms with van der Waals surface area (Å²) in [6.45, 7) is 0. The molecule has 2 aliphatic rings. The van der Waals surface area contributed by atoms with E-state index in [2.05, 4.69) is 21.2 Å². The first-order valence-electron chi connectivity index (χ1n) is 7.43. The van der Waals surface area contributed by atoms with Crippen LogP contribution in [0.2, 0.25) is 0 Å². The summed E-state index contributed by atoms with van der Waals surface area (Å²) in [5.41, 5.74) is 6.15. The minimum Gasteiger partial charge on any atom is -0.370 e. The second-order valence-corrected chi connectivity index (χ2v) is 7.10. The zero-order valence-corrected chi connectivity index (χ0v) is 13.2. The van der Waals surface area contributed by atoms with Crippen LogP contribution in [0.5, 0.6) is 0 Å². The van der Waals surface area contributed by atoms with E-state index in [1.807, 2.05) is 24.3 Å². The van der Waals surface area contributed by atoms with Crippen LogP contribution in [0.25, 0.3) is 0 Å². The molecule has 3 nitrogen and oxygen atoms in total. The second kappa shape index (κ2) is 5.40. The van der Waals surface area contributed by atoms with Crippen molar-refractivity contribution < 1.29 is 4.79 Å². The molecule has 108 valence electrons. The van der Waals surface area contributed by atoms with E-state index < -0.39 is 5.54 Å². The van der Waals surface area contributed by atoms with Crippen molar-refractivity contribution in [3.63, 3.8) is 0 Å². The highest BCUT2D eigenvalue weighted by molar-refractivity contribution is 9.10. The van der Waals surface area contributed by atoms with E-state index in [0.717, 1.165) is 35.3 Å². The van der Waals surface area contributed by atoms with Gasteiger partial charge in [0.05, 0.1) is 0 Å². The Morgan fingerprint density at radius 2 is 2.00 bits per heavy atom. The van der Waals surface area contributed by atoms with Gasteiger partial charge in [0.2, 0.25) is 5.91 Å². The van der Waals surface area contributed by atoms with Crippen molar-refractivity contribution in [2.45, 2.75) is 44.1 Å². The molecule has 0 aliphatic heterocycles. The molecule has 2 fully saturated rings. The number of amides is 1. The van der Waals surface area contributed by atoms with E-state index in [1.165, 1.54) is 19.3 Å². The van der Waals surface area contributed by atoms with Crippen molar-refractivity contribution in [3.05, 3.63) is 28.7 Å². The average molecular weight is 337 g/mol. The Hall–Kier alpha value is -1.03. The summed E-state index contributed by atoms with van der Waals surface area (Å²) in [4.78, 5) is 12.1. The van der Waals surface area contributed by atoms with Gasteiger partial charge in [-0.3, -0.25) is 4.79 Å². The van der Waals surface area contributed by atoms with Gasteiger partial charge in [0, 0.05) is 10.2 Å². The molecule has 2 atom stereocenters. The third-order valence-corrected chi connectivity index (χ3v) is 5.49. The first-order valence-corrected chi connectivity index (χ1v) is 8.23. The first kappa shape index (κ1) is 13.9. The molecule has 0 aromatic heterocycles. The van der Waals surface area contributed by atoms with E-state index in [9.17, 15) is 4.79 Å². The molecule has 0 spiro atoms. The molecule has 4 heteroatoms. The van der Waals surface area contributed by atoms with Crippen LogP contribution in [0.4, 0.5) is 5.69 Å². The molecule has 0 heterocycles. The van der Waals surface area contributed by atoms with E-state index in [-0.39, 0.29) is 5.91 Å². The molecule has 1 aromatic carbocycles. The average Bonchev–Trinajstić information content (AvgIpc) is 3.26. The number of halogens is 1. The van der Waals surface area contributed by atoms with Crippen LogP contribution in [0.15, 0.2) is 28.7 Å². The van der Waals surface area contributed by atoms with Crippen LogP contribution >= 0.6 is 15.9 Å². The van der Waals surface area contributed by atoms with Gasteiger partial charge in [-0.1, -0.05) is 18.6 Å². The van der Waals surface area contributed by atoms with Crippen LogP contribution in [0.3, 0.4) is 0 Å². The number of rotatable bonds is 4. The molecule has 2 unspecified atom stereocenters. The third kappa shape index (κ3) is 2.71. The molecule has 0 bridgehead atoms. The molecule has 1 amide bonds. The lowest BCUT2D eigenvalue weighted by Gasteiger charge is -2.40. The zero-order chi connectivity index (χ0) is 14.2. The van der Waals surface area contributed by atoms with Gasteiger partial charge in [-0.15, -0.1) is 0 Å².